The number of aromatic nitrogens is 1. The molecule has 0 aromatic carbocycles. The number of aliphatic imine (C=N–C) groups is 1. The van der Waals surface area contributed by atoms with E-state index in [0.29, 0.717) is 11.8 Å². The Bertz CT molecular complexity index is 518. The Labute approximate surface area is 135 Å². The van der Waals surface area contributed by atoms with Crippen LogP contribution in [0.25, 0.3) is 0 Å². The van der Waals surface area contributed by atoms with Crippen LogP contribution in [0.15, 0.2) is 29.0 Å². The van der Waals surface area contributed by atoms with Gasteiger partial charge in [0.05, 0.1) is 12.8 Å². The van der Waals surface area contributed by atoms with E-state index >= 15 is 0 Å². The van der Waals surface area contributed by atoms with Crippen molar-refractivity contribution in [3.63, 3.8) is 0 Å². The molecule has 1 unspecified atom stereocenters. The van der Waals surface area contributed by atoms with Gasteiger partial charge in [0.15, 0.2) is 0 Å². The summed E-state index contributed by atoms with van der Waals surface area (Å²) in [5, 5.41) is 0. The van der Waals surface area contributed by atoms with Gasteiger partial charge in [0.25, 0.3) is 0 Å². The summed E-state index contributed by atoms with van der Waals surface area (Å²) in [4.78, 5) is 8.98. The summed E-state index contributed by atoms with van der Waals surface area (Å²) in [5.74, 6) is 1.96. The first kappa shape index (κ1) is 18.4. The van der Waals surface area contributed by atoms with Crippen molar-refractivity contribution in [3.8, 4) is 5.75 Å². The first-order valence-electron chi connectivity index (χ1n) is 8.19. The van der Waals surface area contributed by atoms with Gasteiger partial charge in [-0.2, -0.15) is 0 Å². The molecule has 0 saturated carbocycles. The van der Waals surface area contributed by atoms with Crippen LogP contribution >= 0.6 is 0 Å². The van der Waals surface area contributed by atoms with Crippen LogP contribution in [0.4, 0.5) is 0 Å². The number of ether oxygens (including phenoxy) is 1. The molecule has 1 atom stereocenters. The van der Waals surface area contributed by atoms with E-state index in [0.717, 1.165) is 36.4 Å². The summed E-state index contributed by atoms with van der Waals surface area (Å²) in [5.41, 5.74) is 3.34. The highest BCUT2D eigenvalue weighted by Crippen LogP contribution is 2.24. The molecule has 0 bridgehead atoms. The molecule has 3 heteroatoms. The Kier molecular flexibility index (Phi) is 7.86. The Hall–Kier alpha value is -1.64. The van der Waals surface area contributed by atoms with Crippen LogP contribution < -0.4 is 4.74 Å². The molecular weight excluding hydrogens is 272 g/mol. The lowest BCUT2D eigenvalue weighted by molar-refractivity contribution is 0.402. The number of rotatable bonds is 8. The number of hydrogen-bond donors (Lipinski definition) is 0. The third-order valence-electron chi connectivity index (χ3n) is 3.64. The molecule has 22 heavy (non-hydrogen) atoms. The Morgan fingerprint density at radius 1 is 1.36 bits per heavy atom. The molecule has 0 amide bonds. The zero-order valence-electron chi connectivity index (χ0n) is 14.9. The van der Waals surface area contributed by atoms with Gasteiger partial charge in [-0.05, 0) is 56.6 Å². The van der Waals surface area contributed by atoms with Crippen molar-refractivity contribution in [1.29, 1.82) is 0 Å². The first-order chi connectivity index (χ1) is 10.5. The highest BCUT2D eigenvalue weighted by atomic mass is 16.5. The first-order valence-corrected chi connectivity index (χ1v) is 8.19. The van der Waals surface area contributed by atoms with Gasteiger partial charge in [-0.3, -0.25) is 9.98 Å². The van der Waals surface area contributed by atoms with E-state index in [1.165, 1.54) is 5.56 Å². The SMILES string of the molecule is CC=NC(C)=CC(CC)Cc1ncc(CC(C)C)cc1OC. The average Bonchev–Trinajstić information content (AvgIpc) is 2.47. The molecule has 0 fully saturated rings. The molecule has 1 aromatic heterocycles. The predicted molar refractivity (Wildman–Crippen MR) is 94.7 cm³/mol. The molecule has 0 aliphatic carbocycles. The average molecular weight is 302 g/mol. The second kappa shape index (κ2) is 9.39. The van der Waals surface area contributed by atoms with Gasteiger partial charge in [-0.1, -0.05) is 26.8 Å². The van der Waals surface area contributed by atoms with Gasteiger partial charge >= 0.3 is 0 Å². The molecule has 0 aliphatic heterocycles. The highest BCUT2D eigenvalue weighted by Gasteiger charge is 2.12. The molecule has 0 spiro atoms. The lowest BCUT2D eigenvalue weighted by atomic mass is 9.97. The Balaban J connectivity index is 2.93. The maximum atomic E-state index is 5.55. The number of allylic oxidation sites excluding steroid dienone is 2. The van der Waals surface area contributed by atoms with Gasteiger partial charge < -0.3 is 4.74 Å². The van der Waals surface area contributed by atoms with Crippen LogP contribution in [0.1, 0.15) is 52.3 Å². The minimum Gasteiger partial charge on any atom is -0.495 e. The maximum Gasteiger partial charge on any atom is 0.140 e. The molecule has 0 radical (unpaired) electrons. The van der Waals surface area contributed by atoms with E-state index in [9.17, 15) is 0 Å². The summed E-state index contributed by atoms with van der Waals surface area (Å²) in [6.07, 6.45) is 9.03. The quantitative estimate of drug-likeness (QED) is 0.643. The van der Waals surface area contributed by atoms with E-state index < -0.39 is 0 Å². The zero-order chi connectivity index (χ0) is 16.5. The monoisotopic (exact) mass is 302 g/mol. The highest BCUT2D eigenvalue weighted by molar-refractivity contribution is 5.55. The van der Waals surface area contributed by atoms with Crippen LogP contribution in [-0.4, -0.2) is 18.3 Å². The lowest BCUT2D eigenvalue weighted by Crippen LogP contribution is -2.06. The second-order valence-electron chi connectivity index (χ2n) is 6.16. The van der Waals surface area contributed by atoms with Gasteiger partial charge in [0.2, 0.25) is 0 Å². The predicted octanol–water partition coefficient (Wildman–Crippen LogP) is 4.85. The Morgan fingerprint density at radius 2 is 2.09 bits per heavy atom. The summed E-state index contributed by atoms with van der Waals surface area (Å²) < 4.78 is 5.55. The summed E-state index contributed by atoms with van der Waals surface area (Å²) in [6.45, 7) is 10.6. The number of hydrogen-bond acceptors (Lipinski definition) is 3. The standard InChI is InChI=1S/C19H30N2O/c1-7-16(10-15(5)20-8-2)11-18-19(22-6)12-17(13-21-18)9-14(3)4/h8,10,12-14,16H,7,9,11H2,1-6H3. The van der Waals surface area contributed by atoms with E-state index in [1.807, 2.05) is 26.3 Å². The fraction of sp³-hybridized carbons (Fsp3) is 0.579. The molecule has 1 rings (SSSR count). The smallest absolute Gasteiger partial charge is 0.140 e. The lowest BCUT2D eigenvalue weighted by Gasteiger charge is -2.15. The number of pyridine rings is 1. The molecular formula is C19H30N2O. The second-order valence-corrected chi connectivity index (χ2v) is 6.16. The van der Waals surface area contributed by atoms with Crippen molar-refractivity contribution in [1.82, 2.24) is 4.98 Å². The summed E-state index contributed by atoms with van der Waals surface area (Å²) >= 11 is 0. The number of methoxy groups -OCH3 is 1. The molecule has 122 valence electrons. The fourth-order valence-electron chi connectivity index (χ4n) is 2.58. The van der Waals surface area contributed by atoms with Gasteiger partial charge in [0.1, 0.15) is 5.75 Å². The maximum absolute atomic E-state index is 5.55. The molecule has 0 saturated heterocycles. The third-order valence-corrected chi connectivity index (χ3v) is 3.64. The minimum absolute atomic E-state index is 0.432. The van der Waals surface area contributed by atoms with Crippen molar-refractivity contribution in [3.05, 3.63) is 35.3 Å². The van der Waals surface area contributed by atoms with Gasteiger partial charge in [0, 0.05) is 18.1 Å². The van der Waals surface area contributed by atoms with E-state index in [4.69, 9.17) is 4.74 Å². The van der Waals surface area contributed by atoms with Crippen LogP contribution in [0.3, 0.4) is 0 Å². The molecule has 1 heterocycles. The van der Waals surface area contributed by atoms with Crippen LogP contribution in [0, 0.1) is 11.8 Å². The van der Waals surface area contributed by atoms with Crippen molar-refractivity contribution >= 4 is 6.21 Å². The van der Waals surface area contributed by atoms with Crippen molar-refractivity contribution in [2.75, 3.05) is 7.11 Å². The zero-order valence-corrected chi connectivity index (χ0v) is 14.9. The van der Waals surface area contributed by atoms with Gasteiger partial charge in [-0.15, -0.1) is 0 Å². The topological polar surface area (TPSA) is 34.5 Å². The molecule has 0 aliphatic rings. The van der Waals surface area contributed by atoms with Crippen molar-refractivity contribution < 1.29 is 4.74 Å². The van der Waals surface area contributed by atoms with E-state index in [-0.39, 0.29) is 0 Å². The summed E-state index contributed by atoms with van der Waals surface area (Å²) in [7, 11) is 1.73. The van der Waals surface area contributed by atoms with Crippen LogP contribution in [-0.2, 0) is 12.8 Å². The van der Waals surface area contributed by atoms with E-state index in [1.54, 1.807) is 7.11 Å². The van der Waals surface area contributed by atoms with Crippen molar-refractivity contribution in [2.45, 2.75) is 53.9 Å². The van der Waals surface area contributed by atoms with E-state index in [2.05, 4.69) is 42.9 Å². The van der Waals surface area contributed by atoms with Crippen LogP contribution in [0.2, 0.25) is 0 Å². The van der Waals surface area contributed by atoms with Crippen LogP contribution in [0.5, 0.6) is 5.75 Å². The molecule has 3 nitrogen and oxygen atoms in total. The fourth-order valence-corrected chi connectivity index (χ4v) is 2.58. The van der Waals surface area contributed by atoms with Gasteiger partial charge in [-0.25, -0.2) is 0 Å². The minimum atomic E-state index is 0.432. The third kappa shape index (κ3) is 6.00. The normalized spacial score (nSPS) is 13.9. The van der Waals surface area contributed by atoms with Crippen molar-refractivity contribution in [2.24, 2.45) is 16.8 Å². The number of nitrogens with zero attached hydrogens (tertiary/aromatic N) is 2. The largest absolute Gasteiger partial charge is 0.495 e. The molecule has 0 N–H and O–H groups in total. The molecule has 1 aromatic rings. The Morgan fingerprint density at radius 3 is 2.64 bits per heavy atom. The summed E-state index contributed by atoms with van der Waals surface area (Å²) in [6, 6.07) is 2.13.